The Morgan fingerprint density at radius 2 is 2.35 bits per heavy atom. The van der Waals surface area contributed by atoms with Gasteiger partial charge in [0.2, 0.25) is 11.5 Å². The number of benzene rings is 1. The zero-order valence-electron chi connectivity index (χ0n) is 12.5. The number of nitrogens with two attached hydrogens (primary N) is 1. The van der Waals surface area contributed by atoms with Gasteiger partial charge in [0.25, 0.3) is 5.91 Å². The molecule has 0 aliphatic rings. The molecule has 122 valence electrons. The fraction of sp³-hybridized carbons (Fsp3) is 0.286. The maximum Gasteiger partial charge on any atom is 0.277 e. The van der Waals surface area contributed by atoms with Crippen LogP contribution < -0.4 is 15.8 Å². The van der Waals surface area contributed by atoms with E-state index in [2.05, 4.69) is 25.3 Å². The monoisotopic (exact) mass is 319 g/mol. The molecule has 2 aromatic rings. The molecule has 4 N–H and O–H groups in total. The number of rotatable bonds is 7. The summed E-state index contributed by atoms with van der Waals surface area (Å²) < 4.78 is 9.63. The van der Waals surface area contributed by atoms with Crippen molar-refractivity contribution in [1.82, 2.24) is 15.6 Å². The summed E-state index contributed by atoms with van der Waals surface area (Å²) in [5, 5.41) is 19.3. The van der Waals surface area contributed by atoms with Crippen molar-refractivity contribution in [3.05, 3.63) is 29.5 Å². The number of aromatic hydroxyl groups is 1. The van der Waals surface area contributed by atoms with Crippen molar-refractivity contribution in [2.45, 2.75) is 6.92 Å². The molecule has 0 radical (unpaired) electrons. The number of hydrogen-bond acceptors (Lipinski definition) is 8. The smallest absolute Gasteiger partial charge is 0.277 e. The number of amides is 1. The zero-order chi connectivity index (χ0) is 16.7. The molecule has 0 saturated carbocycles. The number of nitrogen functional groups attached to an aromatic ring is 1. The Kier molecular flexibility index (Phi) is 5.50. The number of carbonyl (C=O) groups is 1. The van der Waals surface area contributed by atoms with Crippen molar-refractivity contribution in [1.29, 1.82) is 0 Å². The SMILES string of the molecule is CCOc1cccc(C=NCCNC(=O)c2nonc2N)c1O. The zero-order valence-corrected chi connectivity index (χ0v) is 12.5. The van der Waals surface area contributed by atoms with Crippen LogP contribution in [0.15, 0.2) is 27.8 Å². The highest BCUT2D eigenvalue weighted by Gasteiger charge is 2.14. The minimum atomic E-state index is -0.486. The van der Waals surface area contributed by atoms with E-state index >= 15 is 0 Å². The molecule has 0 saturated heterocycles. The topological polar surface area (TPSA) is 136 Å². The van der Waals surface area contributed by atoms with E-state index in [4.69, 9.17) is 10.5 Å². The molecule has 0 atom stereocenters. The number of aliphatic imine (C=N–C) groups is 1. The molecule has 0 spiro atoms. The quantitative estimate of drug-likeness (QED) is 0.502. The first kappa shape index (κ1) is 16.3. The van der Waals surface area contributed by atoms with Crippen LogP contribution in [-0.2, 0) is 0 Å². The summed E-state index contributed by atoms with van der Waals surface area (Å²) in [5.41, 5.74) is 5.88. The third-order valence-electron chi connectivity index (χ3n) is 2.82. The third kappa shape index (κ3) is 4.19. The number of aromatic nitrogens is 2. The fourth-order valence-corrected chi connectivity index (χ4v) is 1.75. The number of ether oxygens (including phenoxy) is 1. The van der Waals surface area contributed by atoms with Crippen LogP contribution >= 0.6 is 0 Å². The van der Waals surface area contributed by atoms with E-state index in [1.165, 1.54) is 6.21 Å². The Morgan fingerprint density at radius 1 is 1.52 bits per heavy atom. The fourth-order valence-electron chi connectivity index (χ4n) is 1.75. The lowest BCUT2D eigenvalue weighted by Crippen LogP contribution is -2.27. The van der Waals surface area contributed by atoms with Gasteiger partial charge in [-0.25, -0.2) is 4.63 Å². The highest BCUT2D eigenvalue weighted by atomic mass is 16.6. The number of phenols is 1. The summed E-state index contributed by atoms with van der Waals surface area (Å²) in [6.07, 6.45) is 1.51. The molecule has 1 aromatic heterocycles. The number of carbonyl (C=O) groups excluding carboxylic acids is 1. The molecule has 0 aliphatic carbocycles. The van der Waals surface area contributed by atoms with Gasteiger partial charge in [0.05, 0.1) is 13.2 Å². The first-order valence-corrected chi connectivity index (χ1v) is 6.94. The van der Waals surface area contributed by atoms with Crippen LogP contribution in [0.2, 0.25) is 0 Å². The summed E-state index contributed by atoms with van der Waals surface area (Å²) in [4.78, 5) is 15.8. The Labute approximate surface area is 132 Å². The van der Waals surface area contributed by atoms with Gasteiger partial charge >= 0.3 is 0 Å². The summed E-state index contributed by atoms with van der Waals surface area (Å²) in [7, 11) is 0. The predicted molar refractivity (Wildman–Crippen MR) is 82.8 cm³/mol. The van der Waals surface area contributed by atoms with Crippen molar-refractivity contribution < 1.29 is 19.3 Å². The molecule has 1 heterocycles. The lowest BCUT2D eigenvalue weighted by atomic mass is 10.2. The van der Waals surface area contributed by atoms with Gasteiger partial charge < -0.3 is 20.9 Å². The van der Waals surface area contributed by atoms with Gasteiger partial charge in [0.1, 0.15) is 0 Å². The van der Waals surface area contributed by atoms with Crippen LogP contribution in [0.25, 0.3) is 0 Å². The van der Waals surface area contributed by atoms with Gasteiger partial charge in [-0.2, -0.15) is 0 Å². The normalized spacial score (nSPS) is 10.8. The second-order valence-electron chi connectivity index (χ2n) is 4.42. The molecule has 9 heteroatoms. The van der Waals surface area contributed by atoms with Gasteiger partial charge in [0, 0.05) is 18.3 Å². The van der Waals surface area contributed by atoms with Crippen LogP contribution in [0.1, 0.15) is 23.0 Å². The lowest BCUT2D eigenvalue weighted by molar-refractivity contribution is 0.0945. The van der Waals surface area contributed by atoms with Gasteiger partial charge in [-0.3, -0.25) is 9.79 Å². The minimum Gasteiger partial charge on any atom is -0.504 e. The van der Waals surface area contributed by atoms with E-state index < -0.39 is 5.91 Å². The standard InChI is InChI=1S/C14H17N5O4/c1-2-22-10-5-3-4-9(12(10)20)8-16-6-7-17-14(21)11-13(15)19-23-18-11/h3-5,8,20H,2,6-7H2,1H3,(H2,15,19)(H,17,21). The van der Waals surface area contributed by atoms with Gasteiger partial charge in [-0.1, -0.05) is 6.07 Å². The largest absolute Gasteiger partial charge is 0.504 e. The number of phenolic OH excluding ortho intramolecular Hbond substituents is 1. The van der Waals surface area contributed by atoms with E-state index in [9.17, 15) is 9.90 Å². The van der Waals surface area contributed by atoms with E-state index in [0.29, 0.717) is 24.5 Å². The van der Waals surface area contributed by atoms with E-state index in [1.807, 2.05) is 6.92 Å². The van der Waals surface area contributed by atoms with E-state index in [1.54, 1.807) is 18.2 Å². The van der Waals surface area contributed by atoms with Crippen LogP contribution in [0.4, 0.5) is 5.82 Å². The van der Waals surface area contributed by atoms with Crippen LogP contribution in [0, 0.1) is 0 Å². The Bertz CT molecular complexity index is 698. The van der Waals surface area contributed by atoms with Gasteiger partial charge in [0.15, 0.2) is 11.5 Å². The molecule has 0 fully saturated rings. The first-order valence-electron chi connectivity index (χ1n) is 6.94. The molecule has 0 aliphatic heterocycles. The summed E-state index contributed by atoms with van der Waals surface area (Å²) in [6.45, 7) is 2.88. The van der Waals surface area contributed by atoms with Gasteiger partial charge in [-0.05, 0) is 29.4 Å². The average molecular weight is 319 g/mol. The second kappa shape index (κ2) is 7.78. The highest BCUT2D eigenvalue weighted by molar-refractivity contribution is 5.96. The van der Waals surface area contributed by atoms with Crippen molar-refractivity contribution in [2.75, 3.05) is 25.4 Å². The van der Waals surface area contributed by atoms with Crippen molar-refractivity contribution >= 4 is 17.9 Å². The second-order valence-corrected chi connectivity index (χ2v) is 4.42. The van der Waals surface area contributed by atoms with Crippen LogP contribution in [-0.4, -0.2) is 47.2 Å². The summed E-state index contributed by atoms with van der Waals surface area (Å²) >= 11 is 0. The number of anilines is 1. The first-order chi connectivity index (χ1) is 11.1. The van der Waals surface area contributed by atoms with Crippen LogP contribution in [0.3, 0.4) is 0 Å². The summed E-state index contributed by atoms with van der Waals surface area (Å²) in [5.74, 6) is -0.119. The maximum atomic E-state index is 11.7. The highest BCUT2D eigenvalue weighted by Crippen LogP contribution is 2.28. The Hall–Kier alpha value is -3.10. The van der Waals surface area contributed by atoms with Crippen LogP contribution in [0.5, 0.6) is 11.5 Å². The lowest BCUT2D eigenvalue weighted by Gasteiger charge is -2.07. The predicted octanol–water partition coefficient (Wildman–Crippen LogP) is 0.605. The Balaban J connectivity index is 1.84. The number of para-hydroxylation sites is 1. The number of hydrogen-bond donors (Lipinski definition) is 3. The van der Waals surface area contributed by atoms with Crippen molar-refractivity contribution in [3.8, 4) is 11.5 Å². The number of nitrogens with one attached hydrogen (secondary N) is 1. The molecule has 0 bridgehead atoms. The maximum absolute atomic E-state index is 11.7. The number of nitrogens with zero attached hydrogens (tertiary/aromatic N) is 3. The Morgan fingerprint density at radius 3 is 3.04 bits per heavy atom. The minimum absolute atomic E-state index is 0.0311. The van der Waals surface area contributed by atoms with Crippen molar-refractivity contribution in [2.24, 2.45) is 4.99 Å². The molecule has 1 aromatic carbocycles. The van der Waals surface area contributed by atoms with E-state index in [0.717, 1.165) is 0 Å². The van der Waals surface area contributed by atoms with Gasteiger partial charge in [-0.15, -0.1) is 0 Å². The molecule has 9 nitrogen and oxygen atoms in total. The average Bonchev–Trinajstić information content (AvgIpc) is 2.96. The molecular weight excluding hydrogens is 302 g/mol. The molecular formula is C14H17N5O4. The molecule has 2 rings (SSSR count). The summed E-state index contributed by atoms with van der Waals surface area (Å²) in [6, 6.07) is 5.14. The van der Waals surface area contributed by atoms with E-state index in [-0.39, 0.29) is 23.8 Å². The molecule has 0 unspecified atom stereocenters. The molecule has 1 amide bonds. The van der Waals surface area contributed by atoms with Crippen molar-refractivity contribution in [3.63, 3.8) is 0 Å². The molecule has 23 heavy (non-hydrogen) atoms. The third-order valence-corrected chi connectivity index (χ3v) is 2.82.